The van der Waals surface area contributed by atoms with E-state index in [1.165, 1.54) is 26.6 Å². The van der Waals surface area contributed by atoms with Gasteiger partial charge < -0.3 is 19.1 Å². The van der Waals surface area contributed by atoms with Crippen molar-refractivity contribution >= 4 is 50.4 Å². The Morgan fingerprint density at radius 2 is 1.65 bits per heavy atom. The lowest BCUT2D eigenvalue weighted by atomic mass is 10.2. The van der Waals surface area contributed by atoms with Crippen LogP contribution in [0.25, 0.3) is 0 Å². The van der Waals surface area contributed by atoms with Crippen LogP contribution in [0, 0.1) is 23.6 Å². The first-order valence-corrected chi connectivity index (χ1v) is 17.6. The number of fused-ring (bicyclic) bond motifs is 1. The molecule has 2 unspecified atom stereocenters. The van der Waals surface area contributed by atoms with Crippen molar-refractivity contribution in [3.8, 4) is 16.6 Å². The smallest absolute Gasteiger partial charge is 0.420 e. The second-order valence-electron chi connectivity index (χ2n) is 11.5. The maximum absolute atomic E-state index is 15.4. The zero-order chi connectivity index (χ0) is 31.8. The zero-order valence-electron chi connectivity index (χ0n) is 24.6. The molecule has 2 saturated heterocycles. The molecule has 13 heteroatoms. The van der Waals surface area contributed by atoms with Crippen molar-refractivity contribution in [2.45, 2.75) is 4.90 Å². The Balaban J connectivity index is 1.02. The Morgan fingerprint density at radius 3 is 2.28 bits per heavy atom. The van der Waals surface area contributed by atoms with Gasteiger partial charge in [-0.05, 0) is 102 Å². The molecule has 1 amide bonds. The monoisotopic (exact) mass is 683 g/mol. The van der Waals surface area contributed by atoms with Gasteiger partial charge in [-0.3, -0.25) is 4.90 Å². The fourth-order valence-corrected chi connectivity index (χ4v) is 8.44. The van der Waals surface area contributed by atoms with Crippen LogP contribution in [0.3, 0.4) is 0 Å². The summed E-state index contributed by atoms with van der Waals surface area (Å²) in [4.78, 5) is 17.0. The van der Waals surface area contributed by atoms with Gasteiger partial charge in [0.25, 0.3) is 0 Å². The molecule has 3 fully saturated rings. The van der Waals surface area contributed by atoms with Crippen molar-refractivity contribution in [1.82, 2.24) is 4.31 Å². The minimum Gasteiger partial charge on any atom is -0.457 e. The van der Waals surface area contributed by atoms with Gasteiger partial charge in [0, 0.05) is 37.7 Å². The molecule has 2 aliphatic heterocycles. The lowest BCUT2D eigenvalue weighted by molar-refractivity contribution is 0.122. The zero-order valence-corrected chi connectivity index (χ0v) is 27.0. The third kappa shape index (κ3) is 6.45. The third-order valence-corrected chi connectivity index (χ3v) is 11.6. The van der Waals surface area contributed by atoms with Crippen LogP contribution in [0.15, 0.2) is 89.1 Å². The first-order valence-electron chi connectivity index (χ1n) is 14.9. The van der Waals surface area contributed by atoms with Crippen LogP contribution in [-0.4, -0.2) is 64.8 Å². The number of carbonyl (C=O) groups excluding carboxylic acids is 1. The van der Waals surface area contributed by atoms with E-state index < -0.39 is 21.9 Å². The van der Waals surface area contributed by atoms with E-state index in [0.717, 1.165) is 0 Å². The van der Waals surface area contributed by atoms with Gasteiger partial charge in [-0.25, -0.2) is 17.6 Å². The summed E-state index contributed by atoms with van der Waals surface area (Å²) in [5, 5.41) is 2.85. The highest BCUT2D eigenvalue weighted by Gasteiger charge is 2.58. The number of hydrogen-bond donors (Lipinski definition) is 0. The van der Waals surface area contributed by atoms with Gasteiger partial charge >= 0.3 is 6.09 Å². The second-order valence-corrected chi connectivity index (χ2v) is 14.8. The first-order chi connectivity index (χ1) is 22.3. The molecular weight excluding hydrogens is 653 g/mol. The van der Waals surface area contributed by atoms with E-state index >= 15 is 4.39 Å². The molecule has 0 spiro atoms. The molecule has 1 aromatic heterocycles. The van der Waals surface area contributed by atoms with E-state index in [2.05, 4.69) is 0 Å². The Morgan fingerprint density at radius 1 is 0.978 bits per heavy atom. The maximum atomic E-state index is 15.4. The number of halogens is 2. The van der Waals surface area contributed by atoms with Gasteiger partial charge in [-0.1, -0.05) is 11.6 Å². The van der Waals surface area contributed by atoms with Gasteiger partial charge in [0.05, 0.1) is 29.5 Å². The van der Waals surface area contributed by atoms with Crippen molar-refractivity contribution < 1.29 is 31.8 Å². The largest absolute Gasteiger partial charge is 0.457 e. The van der Waals surface area contributed by atoms with Gasteiger partial charge in [0.15, 0.2) is 5.06 Å². The van der Waals surface area contributed by atoms with Gasteiger partial charge in [0.2, 0.25) is 10.0 Å². The van der Waals surface area contributed by atoms with Gasteiger partial charge in [-0.15, -0.1) is 11.3 Å². The summed E-state index contributed by atoms with van der Waals surface area (Å²) in [5.41, 5.74) is 0.860. The lowest BCUT2D eigenvalue weighted by Gasteiger charge is -2.30. The highest BCUT2D eigenvalue weighted by molar-refractivity contribution is 7.89. The Hall–Kier alpha value is -3.68. The van der Waals surface area contributed by atoms with Gasteiger partial charge in [-0.2, -0.15) is 4.31 Å². The highest BCUT2D eigenvalue weighted by Crippen LogP contribution is 2.53. The summed E-state index contributed by atoms with van der Waals surface area (Å²) in [7, 11) is -3.72. The highest BCUT2D eigenvalue weighted by atomic mass is 35.5. The average Bonchev–Trinajstić information content (AvgIpc) is 3.39. The molecule has 0 bridgehead atoms. The fourth-order valence-electron chi connectivity index (χ4n) is 6.23. The number of sulfonamides is 1. The van der Waals surface area contributed by atoms with E-state index in [9.17, 15) is 13.2 Å². The number of benzene rings is 3. The molecular formula is C33H31ClFN3O6S2. The molecule has 9 nitrogen and oxygen atoms in total. The summed E-state index contributed by atoms with van der Waals surface area (Å²) >= 11 is 7.22. The molecule has 2 atom stereocenters. The van der Waals surface area contributed by atoms with Gasteiger partial charge in [0.1, 0.15) is 17.3 Å². The van der Waals surface area contributed by atoms with E-state index in [1.54, 1.807) is 72.8 Å². The molecule has 0 radical (unpaired) electrons. The molecule has 3 aliphatic rings. The van der Waals surface area contributed by atoms with Crippen LogP contribution in [0.4, 0.5) is 20.6 Å². The summed E-state index contributed by atoms with van der Waals surface area (Å²) in [6, 6.07) is 21.5. The minimum atomic E-state index is -3.72. The summed E-state index contributed by atoms with van der Waals surface area (Å²) in [6.07, 6.45) is -0.601. The molecule has 46 heavy (non-hydrogen) atoms. The molecule has 3 heterocycles. The maximum Gasteiger partial charge on any atom is 0.420 e. The Bertz CT molecular complexity index is 1790. The molecule has 0 N–H and O–H groups in total. The predicted molar refractivity (Wildman–Crippen MR) is 174 cm³/mol. The number of nitrogens with zero attached hydrogens (tertiary/aromatic N) is 3. The molecule has 1 aliphatic carbocycles. The number of anilines is 2. The number of piperidine rings is 1. The van der Waals surface area contributed by atoms with Crippen molar-refractivity contribution in [2.75, 3.05) is 55.7 Å². The number of hydrogen-bond acceptors (Lipinski definition) is 8. The number of carbonyl (C=O) groups is 1. The van der Waals surface area contributed by atoms with E-state index in [4.69, 9.17) is 25.8 Å². The average molecular weight is 684 g/mol. The van der Waals surface area contributed by atoms with Crippen LogP contribution >= 0.6 is 22.9 Å². The van der Waals surface area contributed by atoms with Crippen LogP contribution in [0.5, 0.6) is 16.6 Å². The fraction of sp³-hybridized carbons (Fsp3) is 0.303. The Labute approximate surface area is 275 Å². The van der Waals surface area contributed by atoms with Crippen LogP contribution in [0.1, 0.15) is 0 Å². The summed E-state index contributed by atoms with van der Waals surface area (Å²) < 4.78 is 60.6. The quantitative estimate of drug-likeness (QED) is 0.193. The SMILES string of the molecule is O=C(Oc1cccs1)N(CC1C2CN(S(=O)(=O)c3ccc(Oc4ccc(Cl)cc4)cc3)CC12)c1ccc(N2CCOCC2)c(F)c1. The van der Waals surface area contributed by atoms with Crippen molar-refractivity contribution in [1.29, 1.82) is 0 Å². The number of ether oxygens (including phenoxy) is 3. The summed E-state index contributed by atoms with van der Waals surface area (Å²) in [5.74, 6) is 0.892. The van der Waals surface area contributed by atoms with Crippen LogP contribution < -0.4 is 19.3 Å². The van der Waals surface area contributed by atoms with Crippen LogP contribution in [0.2, 0.25) is 5.02 Å². The molecule has 7 rings (SSSR count). The van der Waals surface area contributed by atoms with E-state index in [0.29, 0.717) is 78.9 Å². The Kier molecular flexibility index (Phi) is 8.64. The van der Waals surface area contributed by atoms with E-state index in [1.807, 2.05) is 10.3 Å². The van der Waals surface area contributed by atoms with Crippen molar-refractivity contribution in [3.05, 3.63) is 95.1 Å². The number of amides is 1. The lowest BCUT2D eigenvalue weighted by Crippen LogP contribution is -2.38. The molecule has 4 aromatic rings. The number of rotatable bonds is 9. The topological polar surface area (TPSA) is 88.6 Å². The molecule has 1 saturated carbocycles. The standard InChI is InChI=1S/C33H31ClFN3O6S2/c34-22-3-6-24(7-4-22)43-25-8-10-26(11-9-25)46(40,41)37-19-27-28(20-37)29(27)21-38(33(39)44-32-2-1-17-45-32)23-5-12-31(30(35)18-23)36-13-15-42-16-14-36/h1-12,17-18,27-29H,13-16,19-21H2. The second kappa shape index (κ2) is 12.8. The third-order valence-electron chi connectivity index (χ3n) is 8.74. The number of morpholine rings is 1. The predicted octanol–water partition coefficient (Wildman–Crippen LogP) is 6.74. The van der Waals surface area contributed by atoms with E-state index in [-0.39, 0.29) is 22.6 Å². The van der Waals surface area contributed by atoms with Crippen molar-refractivity contribution in [3.63, 3.8) is 0 Å². The minimum absolute atomic E-state index is 0.0551. The van der Waals surface area contributed by atoms with Crippen molar-refractivity contribution in [2.24, 2.45) is 17.8 Å². The van der Waals surface area contributed by atoms with Crippen LogP contribution in [-0.2, 0) is 14.8 Å². The molecule has 240 valence electrons. The summed E-state index contributed by atoms with van der Waals surface area (Å²) in [6.45, 7) is 3.22. The molecule has 3 aromatic carbocycles. The first kappa shape index (κ1) is 30.9. The normalized spacial score (nSPS) is 21.1. The number of thiophene rings is 1.